The van der Waals surface area contributed by atoms with Gasteiger partial charge in [-0.1, -0.05) is 40.0 Å². The third-order valence-electron chi connectivity index (χ3n) is 3.12. The van der Waals surface area contributed by atoms with Gasteiger partial charge in [0.25, 0.3) is 0 Å². The van der Waals surface area contributed by atoms with Gasteiger partial charge in [-0.25, -0.2) is 0 Å². The zero-order valence-electron chi connectivity index (χ0n) is 15.1. The van der Waals surface area contributed by atoms with Crippen LogP contribution in [0, 0.1) is 0 Å². The molecule has 0 rings (SSSR count). The molecule has 0 amide bonds. The van der Waals surface area contributed by atoms with Gasteiger partial charge in [0.15, 0.2) is 0 Å². The van der Waals surface area contributed by atoms with Gasteiger partial charge in [-0.3, -0.25) is 9.59 Å². The van der Waals surface area contributed by atoms with Crippen LogP contribution >= 0.6 is 0 Å². The van der Waals surface area contributed by atoms with Crippen molar-refractivity contribution in [1.82, 2.24) is 0 Å². The van der Waals surface area contributed by atoms with Crippen molar-refractivity contribution in [1.29, 1.82) is 0 Å². The summed E-state index contributed by atoms with van der Waals surface area (Å²) in [5, 5.41) is 0. The average molecular weight is 408 g/mol. The molecule has 0 heterocycles. The van der Waals surface area contributed by atoms with Crippen LogP contribution in [0.25, 0.3) is 0 Å². The van der Waals surface area contributed by atoms with Crippen molar-refractivity contribution in [2.75, 3.05) is 19.8 Å². The SMILES string of the molecule is CCCCOC(OCCCC)(OCCCC)C(=O)CC(C)=O.[Zr]. The van der Waals surface area contributed by atoms with Crippen molar-refractivity contribution in [2.45, 2.75) is 78.6 Å². The summed E-state index contributed by atoms with van der Waals surface area (Å²) in [6.07, 6.45) is 5.03. The summed E-state index contributed by atoms with van der Waals surface area (Å²) < 4.78 is 17.0. The van der Waals surface area contributed by atoms with Crippen LogP contribution in [0.5, 0.6) is 0 Å². The van der Waals surface area contributed by atoms with E-state index in [1.807, 2.05) is 20.8 Å². The normalized spacial score (nSPS) is 11.1. The Balaban J connectivity index is 0. The number of rotatable bonds is 15. The van der Waals surface area contributed by atoms with Crippen molar-refractivity contribution in [3.63, 3.8) is 0 Å². The van der Waals surface area contributed by atoms with E-state index in [2.05, 4.69) is 0 Å². The number of ether oxygens (including phenoxy) is 3. The molecule has 0 saturated carbocycles. The largest absolute Gasteiger partial charge is 0.347 e. The van der Waals surface area contributed by atoms with E-state index >= 15 is 0 Å². The minimum atomic E-state index is -1.72. The standard InChI is InChI=1S/C17H32O5.Zr/c1-5-8-11-20-17(21-12-9-6-2,22-13-10-7-3)16(19)14-15(4)18;/h5-14H2,1-4H3;. The molecule has 23 heavy (non-hydrogen) atoms. The van der Waals surface area contributed by atoms with Crippen molar-refractivity contribution in [3.05, 3.63) is 0 Å². The molecule has 0 aliphatic carbocycles. The molecular weight excluding hydrogens is 375 g/mol. The maximum absolute atomic E-state index is 12.5. The first-order valence-corrected chi connectivity index (χ1v) is 8.47. The number of ketones is 2. The van der Waals surface area contributed by atoms with Crippen LogP contribution in [-0.2, 0) is 50.0 Å². The van der Waals surface area contributed by atoms with Gasteiger partial charge in [0, 0.05) is 26.2 Å². The molecule has 0 unspecified atom stereocenters. The molecule has 0 fully saturated rings. The zero-order chi connectivity index (χ0) is 16.8. The topological polar surface area (TPSA) is 61.8 Å². The zero-order valence-corrected chi connectivity index (χ0v) is 17.6. The van der Waals surface area contributed by atoms with Gasteiger partial charge in [-0.2, -0.15) is 0 Å². The molecule has 0 N–H and O–H groups in total. The Labute approximate surface area is 159 Å². The van der Waals surface area contributed by atoms with Gasteiger partial charge in [-0.15, -0.1) is 0 Å². The van der Waals surface area contributed by atoms with E-state index in [0.717, 1.165) is 38.5 Å². The molecule has 0 aromatic carbocycles. The van der Waals surface area contributed by atoms with Gasteiger partial charge in [0.1, 0.15) is 5.78 Å². The molecule has 0 bridgehead atoms. The van der Waals surface area contributed by atoms with Gasteiger partial charge in [-0.05, 0) is 26.2 Å². The average Bonchev–Trinajstić information content (AvgIpc) is 2.46. The van der Waals surface area contributed by atoms with Crippen LogP contribution in [0.1, 0.15) is 72.6 Å². The summed E-state index contributed by atoms with van der Waals surface area (Å²) in [6, 6.07) is 0. The summed E-state index contributed by atoms with van der Waals surface area (Å²) in [6.45, 7) is 8.62. The third kappa shape index (κ3) is 11.3. The summed E-state index contributed by atoms with van der Waals surface area (Å²) in [7, 11) is 0. The molecule has 0 aliphatic heterocycles. The molecule has 0 aliphatic rings. The minimum Gasteiger partial charge on any atom is -0.321 e. The van der Waals surface area contributed by atoms with Gasteiger partial charge in [0.05, 0.1) is 26.2 Å². The maximum atomic E-state index is 12.5. The molecular formula is C17H32O5Zr. The number of hydrogen-bond donors (Lipinski definition) is 0. The fraction of sp³-hybridized carbons (Fsp3) is 0.882. The van der Waals surface area contributed by atoms with Crippen LogP contribution < -0.4 is 0 Å². The second-order valence-electron chi connectivity index (χ2n) is 5.46. The summed E-state index contributed by atoms with van der Waals surface area (Å²) in [4.78, 5) is 23.8. The van der Waals surface area contributed by atoms with Crippen LogP contribution in [0.2, 0.25) is 0 Å². The van der Waals surface area contributed by atoms with E-state index in [4.69, 9.17) is 14.2 Å². The van der Waals surface area contributed by atoms with E-state index in [1.54, 1.807) is 0 Å². The summed E-state index contributed by atoms with van der Waals surface area (Å²) >= 11 is 0. The Hall–Kier alpha value is 0.103. The fourth-order valence-electron chi connectivity index (χ4n) is 1.75. The Morgan fingerprint density at radius 1 is 0.783 bits per heavy atom. The van der Waals surface area contributed by atoms with E-state index < -0.39 is 11.8 Å². The molecule has 0 radical (unpaired) electrons. The molecule has 0 saturated heterocycles. The monoisotopic (exact) mass is 406 g/mol. The number of carbonyl (C=O) groups excluding carboxylic acids is 2. The first-order chi connectivity index (χ1) is 10.5. The van der Waals surface area contributed by atoms with E-state index in [-0.39, 0.29) is 38.4 Å². The van der Waals surface area contributed by atoms with Crippen molar-refractivity contribution < 1.29 is 50.0 Å². The smallest absolute Gasteiger partial charge is 0.321 e. The molecule has 0 atom stereocenters. The van der Waals surface area contributed by atoms with E-state index in [0.29, 0.717) is 19.8 Å². The molecule has 0 aromatic rings. The first kappa shape index (κ1) is 25.3. The van der Waals surface area contributed by atoms with Gasteiger partial charge >= 0.3 is 5.97 Å². The van der Waals surface area contributed by atoms with Gasteiger partial charge < -0.3 is 14.2 Å². The first-order valence-electron chi connectivity index (χ1n) is 8.47. The van der Waals surface area contributed by atoms with Crippen LogP contribution in [0.15, 0.2) is 0 Å². The number of hydrogen-bond acceptors (Lipinski definition) is 5. The molecule has 6 heteroatoms. The minimum absolute atomic E-state index is 0. The molecule has 5 nitrogen and oxygen atoms in total. The molecule has 0 spiro atoms. The van der Waals surface area contributed by atoms with Crippen LogP contribution in [0.4, 0.5) is 0 Å². The second kappa shape index (κ2) is 15.6. The third-order valence-corrected chi connectivity index (χ3v) is 3.12. The van der Waals surface area contributed by atoms with Crippen LogP contribution in [-0.4, -0.2) is 37.4 Å². The predicted molar refractivity (Wildman–Crippen MR) is 85.6 cm³/mol. The van der Waals surface area contributed by atoms with Crippen molar-refractivity contribution in [3.8, 4) is 0 Å². The van der Waals surface area contributed by atoms with E-state index in [1.165, 1.54) is 6.92 Å². The van der Waals surface area contributed by atoms with E-state index in [9.17, 15) is 9.59 Å². The second-order valence-corrected chi connectivity index (χ2v) is 5.46. The summed E-state index contributed by atoms with van der Waals surface area (Å²) in [5.41, 5.74) is 0. The fourth-order valence-corrected chi connectivity index (χ4v) is 1.75. The summed E-state index contributed by atoms with van der Waals surface area (Å²) in [5.74, 6) is -2.37. The van der Waals surface area contributed by atoms with Crippen molar-refractivity contribution in [2.24, 2.45) is 0 Å². The Kier molecular flexibility index (Phi) is 17.2. The number of unbranched alkanes of at least 4 members (excludes halogenated alkanes) is 3. The quantitative estimate of drug-likeness (QED) is 0.236. The Bertz CT molecular complexity index is 294. The molecule has 0 aromatic heterocycles. The Morgan fingerprint density at radius 2 is 1.13 bits per heavy atom. The number of Topliss-reactive ketones (excluding diaryl/α,β-unsaturated/α-hetero) is 2. The van der Waals surface area contributed by atoms with Crippen molar-refractivity contribution >= 4 is 11.6 Å². The van der Waals surface area contributed by atoms with Crippen LogP contribution in [0.3, 0.4) is 0 Å². The predicted octanol–water partition coefficient (Wildman–Crippen LogP) is 3.64. The maximum Gasteiger partial charge on any atom is 0.347 e. The Morgan fingerprint density at radius 3 is 1.39 bits per heavy atom. The number of carbonyl (C=O) groups is 2. The molecule has 134 valence electrons. The van der Waals surface area contributed by atoms with Gasteiger partial charge in [0.2, 0.25) is 5.78 Å².